The Morgan fingerprint density at radius 2 is 1.75 bits per heavy atom. The lowest BCUT2D eigenvalue weighted by Crippen LogP contribution is -2.51. The van der Waals surface area contributed by atoms with Crippen molar-refractivity contribution in [2.24, 2.45) is 5.92 Å². The van der Waals surface area contributed by atoms with Crippen molar-refractivity contribution in [2.45, 2.75) is 44.6 Å². The van der Waals surface area contributed by atoms with Gasteiger partial charge in [0.2, 0.25) is 15.9 Å². The third kappa shape index (κ3) is 4.37. The lowest BCUT2D eigenvalue weighted by atomic mass is 9.96. The average Bonchev–Trinajstić information content (AvgIpc) is 3.13. The molecular weight excluding hydrogens is 448 g/mol. The Labute approximate surface area is 193 Å². The van der Waals surface area contributed by atoms with E-state index < -0.39 is 10.0 Å². The van der Waals surface area contributed by atoms with Crippen molar-refractivity contribution < 1.29 is 13.2 Å². The molecule has 0 N–H and O–H groups in total. The molecule has 32 heavy (non-hydrogen) atoms. The maximum Gasteiger partial charge on any atom is 0.308 e. The number of piperazine rings is 1. The van der Waals surface area contributed by atoms with Crippen molar-refractivity contribution >= 4 is 37.5 Å². The van der Waals surface area contributed by atoms with E-state index >= 15 is 0 Å². The van der Waals surface area contributed by atoms with Crippen LogP contribution in [0.5, 0.6) is 0 Å². The summed E-state index contributed by atoms with van der Waals surface area (Å²) in [7, 11) is -3.66. The van der Waals surface area contributed by atoms with Crippen molar-refractivity contribution in [1.29, 1.82) is 0 Å². The standard InChI is InChI=1S/C22H32N4O4S2/c1-4-23-11-13-24(14-12-23)21(27)17-7-9-25(10-8-17)32(29,30)18-5-6-19-20(15-18)31-22(28)26(19)16(2)3/h5-6,15-17H,4,7-14H2,1-3H3. The average molecular weight is 481 g/mol. The summed E-state index contributed by atoms with van der Waals surface area (Å²) in [6.07, 6.45) is 1.09. The molecule has 0 aliphatic carbocycles. The molecule has 2 saturated heterocycles. The van der Waals surface area contributed by atoms with Gasteiger partial charge in [-0.15, -0.1) is 0 Å². The number of fused-ring (bicyclic) bond motifs is 1. The first kappa shape index (κ1) is 23.4. The lowest BCUT2D eigenvalue weighted by Gasteiger charge is -2.38. The molecule has 2 aliphatic rings. The van der Waals surface area contributed by atoms with Gasteiger partial charge in [-0.3, -0.25) is 14.2 Å². The predicted molar refractivity (Wildman–Crippen MR) is 127 cm³/mol. The van der Waals surface area contributed by atoms with Crippen LogP contribution in [0.25, 0.3) is 10.2 Å². The molecule has 0 spiro atoms. The number of amides is 1. The number of hydrogen-bond donors (Lipinski definition) is 0. The van der Waals surface area contributed by atoms with E-state index in [-0.39, 0.29) is 27.6 Å². The second-order valence-corrected chi connectivity index (χ2v) is 11.8. The molecule has 1 aromatic heterocycles. The van der Waals surface area contributed by atoms with Crippen molar-refractivity contribution in [3.63, 3.8) is 0 Å². The van der Waals surface area contributed by atoms with Crippen LogP contribution in [0.3, 0.4) is 0 Å². The monoisotopic (exact) mass is 480 g/mol. The third-order valence-electron chi connectivity index (χ3n) is 6.67. The van der Waals surface area contributed by atoms with Gasteiger partial charge in [0.1, 0.15) is 0 Å². The Bertz CT molecular complexity index is 1140. The first-order chi connectivity index (χ1) is 15.2. The van der Waals surface area contributed by atoms with Gasteiger partial charge >= 0.3 is 4.87 Å². The van der Waals surface area contributed by atoms with Gasteiger partial charge in [-0.05, 0) is 51.4 Å². The van der Waals surface area contributed by atoms with Gasteiger partial charge in [0.25, 0.3) is 0 Å². The Morgan fingerprint density at radius 3 is 2.34 bits per heavy atom. The molecule has 10 heteroatoms. The van der Waals surface area contributed by atoms with Crippen LogP contribution >= 0.6 is 11.3 Å². The van der Waals surface area contributed by atoms with E-state index in [4.69, 9.17) is 0 Å². The summed E-state index contributed by atoms with van der Waals surface area (Å²) in [6.45, 7) is 11.0. The molecule has 2 aromatic rings. The molecule has 0 atom stereocenters. The number of nitrogens with zero attached hydrogens (tertiary/aromatic N) is 4. The van der Waals surface area contributed by atoms with Gasteiger partial charge in [-0.25, -0.2) is 8.42 Å². The molecule has 0 saturated carbocycles. The highest BCUT2D eigenvalue weighted by Crippen LogP contribution is 2.29. The smallest absolute Gasteiger partial charge is 0.308 e. The second-order valence-electron chi connectivity index (χ2n) is 8.90. The van der Waals surface area contributed by atoms with Crippen LogP contribution in [0.15, 0.2) is 27.9 Å². The molecule has 2 aliphatic heterocycles. The molecule has 3 heterocycles. The van der Waals surface area contributed by atoms with Crippen LogP contribution in [0.1, 0.15) is 39.7 Å². The van der Waals surface area contributed by atoms with Crippen molar-refractivity contribution in [2.75, 3.05) is 45.8 Å². The van der Waals surface area contributed by atoms with Gasteiger partial charge in [0.15, 0.2) is 0 Å². The summed E-state index contributed by atoms with van der Waals surface area (Å²) in [5, 5.41) is 0. The topological polar surface area (TPSA) is 82.9 Å². The summed E-state index contributed by atoms with van der Waals surface area (Å²) >= 11 is 1.08. The summed E-state index contributed by atoms with van der Waals surface area (Å²) < 4.78 is 30.3. The highest BCUT2D eigenvalue weighted by molar-refractivity contribution is 7.89. The molecule has 0 bridgehead atoms. The minimum Gasteiger partial charge on any atom is -0.340 e. The number of carbonyl (C=O) groups is 1. The number of hydrogen-bond acceptors (Lipinski definition) is 6. The first-order valence-corrected chi connectivity index (χ1v) is 13.6. The lowest BCUT2D eigenvalue weighted by molar-refractivity contribution is -0.138. The highest BCUT2D eigenvalue weighted by atomic mass is 32.2. The molecule has 8 nitrogen and oxygen atoms in total. The number of rotatable bonds is 5. The van der Waals surface area contributed by atoms with Crippen LogP contribution in [-0.4, -0.2) is 78.8 Å². The molecule has 1 amide bonds. The summed E-state index contributed by atoms with van der Waals surface area (Å²) in [6, 6.07) is 4.94. The maximum absolute atomic E-state index is 13.2. The first-order valence-electron chi connectivity index (χ1n) is 11.4. The van der Waals surface area contributed by atoms with E-state index in [0.717, 1.165) is 49.6 Å². The van der Waals surface area contributed by atoms with E-state index in [1.165, 1.54) is 4.31 Å². The number of thiazole rings is 1. The van der Waals surface area contributed by atoms with E-state index in [0.29, 0.717) is 30.6 Å². The minimum absolute atomic E-state index is 0.0141. The highest BCUT2D eigenvalue weighted by Gasteiger charge is 2.34. The van der Waals surface area contributed by atoms with Crippen LogP contribution < -0.4 is 4.87 Å². The number of carbonyl (C=O) groups excluding carboxylic acids is 1. The maximum atomic E-state index is 13.2. The van der Waals surface area contributed by atoms with E-state index in [1.807, 2.05) is 18.7 Å². The molecule has 2 fully saturated rings. The molecular formula is C22H32N4O4S2. The van der Waals surface area contributed by atoms with Gasteiger partial charge in [0, 0.05) is 51.2 Å². The quantitative estimate of drug-likeness (QED) is 0.655. The predicted octanol–water partition coefficient (Wildman–Crippen LogP) is 2.21. The number of piperidine rings is 1. The fraction of sp³-hybridized carbons (Fsp3) is 0.636. The Balaban J connectivity index is 1.44. The third-order valence-corrected chi connectivity index (χ3v) is 9.49. The van der Waals surface area contributed by atoms with Crippen molar-refractivity contribution in [1.82, 2.24) is 18.7 Å². The molecule has 4 rings (SSSR count). The number of sulfonamides is 1. The van der Waals surface area contributed by atoms with Gasteiger partial charge < -0.3 is 9.80 Å². The van der Waals surface area contributed by atoms with E-state index in [1.54, 1.807) is 22.8 Å². The van der Waals surface area contributed by atoms with Crippen LogP contribution in [0, 0.1) is 5.92 Å². The van der Waals surface area contributed by atoms with Crippen LogP contribution in [0.4, 0.5) is 0 Å². The Hall–Kier alpha value is -1.75. The normalized spacial score (nSPS) is 19.8. The fourth-order valence-electron chi connectivity index (χ4n) is 4.70. The van der Waals surface area contributed by atoms with E-state index in [2.05, 4.69) is 11.8 Å². The van der Waals surface area contributed by atoms with Crippen molar-refractivity contribution in [3.05, 3.63) is 27.9 Å². The van der Waals surface area contributed by atoms with Crippen LogP contribution in [-0.2, 0) is 14.8 Å². The van der Waals surface area contributed by atoms with Gasteiger partial charge in [-0.2, -0.15) is 4.31 Å². The molecule has 1 aromatic carbocycles. The summed E-state index contributed by atoms with van der Waals surface area (Å²) in [4.78, 5) is 29.6. The Kier molecular flexibility index (Phi) is 6.76. The summed E-state index contributed by atoms with van der Waals surface area (Å²) in [5.41, 5.74) is 0.765. The largest absolute Gasteiger partial charge is 0.340 e. The fourth-order valence-corrected chi connectivity index (χ4v) is 7.32. The van der Waals surface area contributed by atoms with Crippen LogP contribution in [0.2, 0.25) is 0 Å². The summed E-state index contributed by atoms with van der Waals surface area (Å²) in [5.74, 6) is 0.0569. The van der Waals surface area contributed by atoms with Crippen molar-refractivity contribution in [3.8, 4) is 0 Å². The Morgan fingerprint density at radius 1 is 1.09 bits per heavy atom. The zero-order chi connectivity index (χ0) is 23.0. The number of likely N-dealkylation sites (N-methyl/N-ethyl adjacent to an activating group) is 1. The van der Waals surface area contributed by atoms with Gasteiger partial charge in [0.05, 0.1) is 15.1 Å². The number of aromatic nitrogens is 1. The minimum atomic E-state index is -3.66. The molecule has 0 radical (unpaired) electrons. The molecule has 176 valence electrons. The molecule has 0 unspecified atom stereocenters. The zero-order valence-corrected chi connectivity index (χ0v) is 20.6. The zero-order valence-electron chi connectivity index (χ0n) is 19.0. The second kappa shape index (κ2) is 9.24. The SMILES string of the molecule is CCN1CCN(C(=O)C2CCN(S(=O)(=O)c3ccc4c(c3)sc(=O)n4C(C)C)CC2)CC1. The number of benzene rings is 1. The van der Waals surface area contributed by atoms with E-state index in [9.17, 15) is 18.0 Å². The van der Waals surface area contributed by atoms with Gasteiger partial charge in [-0.1, -0.05) is 18.3 Å².